The maximum atomic E-state index is 15.2. The minimum absolute atomic E-state index is 0.0372. The maximum absolute atomic E-state index is 15.2. The van der Waals surface area contributed by atoms with Crippen molar-refractivity contribution in [1.82, 2.24) is 29.3 Å². The zero-order valence-electron chi connectivity index (χ0n) is 26.9. The number of aryl methyl sites for hydroxylation is 1. The molecule has 246 valence electrons. The first-order chi connectivity index (χ1) is 23.1. The average Bonchev–Trinajstić information content (AvgIpc) is 3.91. The Morgan fingerprint density at radius 2 is 1.90 bits per heavy atom. The summed E-state index contributed by atoms with van der Waals surface area (Å²) in [5, 5.41) is 16.4. The minimum atomic E-state index is -0.623. The van der Waals surface area contributed by atoms with Gasteiger partial charge in [-0.1, -0.05) is 30.3 Å². The van der Waals surface area contributed by atoms with Crippen molar-refractivity contribution < 1.29 is 14.3 Å². The molecule has 3 N–H and O–H groups in total. The number of fused-ring (bicyclic) bond motifs is 1. The van der Waals surface area contributed by atoms with Crippen LogP contribution in [-0.2, 0) is 25.0 Å². The second kappa shape index (κ2) is 13.7. The van der Waals surface area contributed by atoms with Gasteiger partial charge in [0.15, 0.2) is 5.82 Å². The molecular weight excluding hydrogens is 613 g/mol. The van der Waals surface area contributed by atoms with Crippen LogP contribution in [0.1, 0.15) is 35.4 Å². The quantitative estimate of drug-likeness (QED) is 0.182. The summed E-state index contributed by atoms with van der Waals surface area (Å²) in [4.78, 5) is 49.9. The first kappa shape index (κ1) is 32.5. The summed E-state index contributed by atoms with van der Waals surface area (Å²) >= 11 is 0. The largest absolute Gasteiger partial charge is 0.392 e. The summed E-state index contributed by atoms with van der Waals surface area (Å²) in [6.07, 6.45) is 8.14. The number of likely N-dealkylation sites (N-methyl/N-ethyl adjacent to an activating group) is 1. The second-order valence-corrected chi connectivity index (χ2v) is 12.2. The van der Waals surface area contributed by atoms with Crippen molar-refractivity contribution in [2.45, 2.75) is 31.9 Å². The molecule has 3 aromatic carbocycles. The van der Waals surface area contributed by atoms with Crippen LogP contribution in [0.2, 0.25) is 0 Å². The molecular formula is C36H36FN7O4. The molecule has 5 aromatic rings. The molecule has 0 unspecified atom stereocenters. The topological polar surface area (TPSA) is 134 Å². The normalized spacial score (nSPS) is 13.0. The number of amides is 1. The molecule has 0 bridgehead atoms. The van der Waals surface area contributed by atoms with E-state index in [1.54, 1.807) is 55.7 Å². The lowest BCUT2D eigenvalue weighted by atomic mass is 10.0. The van der Waals surface area contributed by atoms with Crippen molar-refractivity contribution in [3.63, 3.8) is 0 Å². The molecule has 0 atom stereocenters. The number of aromatic nitrogens is 4. The third-order valence-corrected chi connectivity index (χ3v) is 8.20. The maximum Gasteiger partial charge on any atom is 0.293 e. The molecule has 0 saturated heterocycles. The van der Waals surface area contributed by atoms with Gasteiger partial charge in [0.1, 0.15) is 17.5 Å². The summed E-state index contributed by atoms with van der Waals surface area (Å²) < 4.78 is 17.8. The van der Waals surface area contributed by atoms with Crippen molar-refractivity contribution in [2.75, 3.05) is 26.0 Å². The van der Waals surface area contributed by atoms with Gasteiger partial charge < -0.3 is 25.2 Å². The van der Waals surface area contributed by atoms with Crippen molar-refractivity contribution >= 4 is 28.3 Å². The zero-order valence-corrected chi connectivity index (χ0v) is 26.9. The van der Waals surface area contributed by atoms with Crippen LogP contribution < -0.4 is 21.8 Å². The molecule has 6 rings (SSSR count). The van der Waals surface area contributed by atoms with Gasteiger partial charge in [0, 0.05) is 49.2 Å². The number of anilines is 2. The number of hydrogen-bond acceptors (Lipinski definition) is 8. The van der Waals surface area contributed by atoms with Gasteiger partial charge in [-0.25, -0.2) is 14.4 Å². The van der Waals surface area contributed by atoms with E-state index in [9.17, 15) is 19.5 Å². The third-order valence-electron chi connectivity index (χ3n) is 8.20. The molecule has 0 radical (unpaired) electrons. The van der Waals surface area contributed by atoms with Gasteiger partial charge in [-0.05, 0) is 74.3 Å². The summed E-state index contributed by atoms with van der Waals surface area (Å²) in [7, 11) is 5.42. The highest BCUT2D eigenvalue weighted by Crippen LogP contribution is 2.41. The van der Waals surface area contributed by atoms with Crippen LogP contribution in [0.3, 0.4) is 0 Å². The molecule has 0 spiro atoms. The number of rotatable bonds is 11. The average molecular weight is 650 g/mol. The predicted molar refractivity (Wildman–Crippen MR) is 183 cm³/mol. The predicted octanol–water partition coefficient (Wildman–Crippen LogP) is 4.13. The van der Waals surface area contributed by atoms with Crippen LogP contribution in [0.25, 0.3) is 27.8 Å². The molecule has 1 aliphatic rings. The Morgan fingerprint density at radius 3 is 2.65 bits per heavy atom. The number of aliphatic hydroxyl groups excluding tert-OH is 1. The van der Waals surface area contributed by atoms with Crippen molar-refractivity contribution in [3.8, 4) is 16.9 Å². The second-order valence-electron chi connectivity index (χ2n) is 12.2. The van der Waals surface area contributed by atoms with E-state index in [4.69, 9.17) is 0 Å². The summed E-state index contributed by atoms with van der Waals surface area (Å²) in [5.74, 6) is -0.497. The van der Waals surface area contributed by atoms with Crippen LogP contribution in [0, 0.1) is 5.82 Å². The Bertz CT molecular complexity index is 2170. The monoisotopic (exact) mass is 649 g/mol. The molecule has 2 aromatic heterocycles. The van der Waals surface area contributed by atoms with Gasteiger partial charge in [-0.3, -0.25) is 19.0 Å². The lowest BCUT2D eigenvalue weighted by Crippen LogP contribution is -2.23. The van der Waals surface area contributed by atoms with Crippen LogP contribution in [-0.4, -0.2) is 55.7 Å². The lowest BCUT2D eigenvalue weighted by molar-refractivity contribution is -0.116. The summed E-state index contributed by atoms with van der Waals surface area (Å²) in [6, 6.07) is 15.5. The molecule has 2 heterocycles. The number of aliphatic hydroxyl groups is 1. The van der Waals surface area contributed by atoms with Gasteiger partial charge in [0.25, 0.3) is 11.1 Å². The number of carbonyl (C=O) groups is 1. The Kier molecular flexibility index (Phi) is 9.28. The molecule has 0 aliphatic heterocycles. The fourth-order valence-electron chi connectivity index (χ4n) is 5.58. The molecule has 11 nitrogen and oxygen atoms in total. The SMILES string of the molecule is CN(C)C/C=C/C(=O)NCc1cccc(Nc2nc(-c3cccc(-n4cnc5cc(C6CC6)cc(F)c5c4=O)c3CO)cn(C)c2=O)c1. The standard InChI is InChI=1S/C36H36FN7O4/c1-42(2)14-6-11-32(46)38-18-22-7-4-8-25(15-22)40-34-36(48)43(3)19-30(41-34)26-9-5-10-31(27(26)20-45)44-21-39-29-17-24(23-12-13-23)16-28(37)33(29)35(44)47/h4-11,15-17,19,21,23,45H,12-14,18,20H2,1-3H3,(H,38,46)(H,40,41)/b11-6+. The van der Waals surface area contributed by atoms with Gasteiger partial charge in [0.2, 0.25) is 5.91 Å². The first-order valence-corrected chi connectivity index (χ1v) is 15.6. The summed E-state index contributed by atoms with van der Waals surface area (Å²) in [5.41, 5.74) is 3.06. The molecule has 12 heteroatoms. The third kappa shape index (κ3) is 6.94. The van der Waals surface area contributed by atoms with Crippen LogP contribution in [0.4, 0.5) is 15.9 Å². The van der Waals surface area contributed by atoms with Gasteiger partial charge in [-0.2, -0.15) is 0 Å². The Balaban J connectivity index is 1.30. The first-order valence-electron chi connectivity index (χ1n) is 15.6. The van der Waals surface area contributed by atoms with Gasteiger partial charge >= 0.3 is 0 Å². The van der Waals surface area contributed by atoms with Gasteiger partial charge in [0.05, 0.1) is 23.5 Å². The number of hydrogen-bond donors (Lipinski definition) is 3. The van der Waals surface area contributed by atoms with Gasteiger partial charge in [-0.15, -0.1) is 0 Å². The number of benzene rings is 3. The van der Waals surface area contributed by atoms with Crippen LogP contribution in [0.5, 0.6) is 0 Å². The lowest BCUT2D eigenvalue weighted by Gasteiger charge is -2.16. The number of halogens is 1. The number of nitrogens with zero attached hydrogens (tertiary/aromatic N) is 5. The van der Waals surface area contributed by atoms with E-state index in [0.29, 0.717) is 46.2 Å². The zero-order chi connectivity index (χ0) is 33.9. The van der Waals surface area contributed by atoms with Crippen molar-refractivity contribution in [2.24, 2.45) is 7.05 Å². The van der Waals surface area contributed by atoms with E-state index in [1.165, 1.54) is 27.6 Å². The Hall–Kier alpha value is -5.46. The van der Waals surface area contributed by atoms with Crippen LogP contribution in [0.15, 0.2) is 88.9 Å². The highest BCUT2D eigenvalue weighted by molar-refractivity contribution is 5.87. The number of nitrogens with one attached hydrogen (secondary N) is 2. The molecule has 1 aliphatic carbocycles. The highest BCUT2D eigenvalue weighted by atomic mass is 19.1. The molecule has 1 fully saturated rings. The van der Waals surface area contributed by atoms with E-state index >= 15 is 4.39 Å². The van der Waals surface area contributed by atoms with Crippen molar-refractivity contribution in [1.29, 1.82) is 0 Å². The smallest absolute Gasteiger partial charge is 0.293 e. The fraction of sp³-hybridized carbons (Fsp3) is 0.250. The number of carbonyl (C=O) groups excluding carboxylic acids is 1. The molecule has 1 saturated carbocycles. The fourth-order valence-corrected chi connectivity index (χ4v) is 5.58. The van der Waals surface area contributed by atoms with E-state index in [2.05, 4.69) is 20.6 Å². The van der Waals surface area contributed by atoms with E-state index < -0.39 is 18.0 Å². The van der Waals surface area contributed by atoms with E-state index in [-0.39, 0.29) is 29.2 Å². The van der Waals surface area contributed by atoms with E-state index in [0.717, 1.165) is 24.0 Å². The van der Waals surface area contributed by atoms with Crippen molar-refractivity contribution in [3.05, 3.63) is 122 Å². The minimum Gasteiger partial charge on any atom is -0.392 e. The molecule has 1 amide bonds. The summed E-state index contributed by atoms with van der Waals surface area (Å²) in [6.45, 7) is 0.468. The Morgan fingerprint density at radius 1 is 1.10 bits per heavy atom. The molecule has 48 heavy (non-hydrogen) atoms. The Labute approximate surface area is 276 Å². The highest BCUT2D eigenvalue weighted by Gasteiger charge is 2.26. The van der Waals surface area contributed by atoms with Crippen LogP contribution >= 0.6 is 0 Å². The van der Waals surface area contributed by atoms with E-state index in [1.807, 2.05) is 31.1 Å².